The number of amides is 3. The molecular formula is C19H24BCl2N3O6. The summed E-state index contributed by atoms with van der Waals surface area (Å²) in [5, 5.41) is 8.12. The summed E-state index contributed by atoms with van der Waals surface area (Å²) < 4.78 is 10.8. The van der Waals surface area contributed by atoms with E-state index in [2.05, 4.69) is 16.0 Å². The van der Waals surface area contributed by atoms with Gasteiger partial charge in [-0.05, 0) is 30.5 Å². The molecule has 0 radical (unpaired) electrons. The molecule has 1 unspecified atom stereocenters. The van der Waals surface area contributed by atoms with E-state index in [0.717, 1.165) is 0 Å². The summed E-state index contributed by atoms with van der Waals surface area (Å²) in [6, 6.07) is 4.42. The molecule has 2 atom stereocenters. The monoisotopic (exact) mass is 471 g/mol. The molecule has 3 amide bonds. The first-order valence-corrected chi connectivity index (χ1v) is 10.5. The van der Waals surface area contributed by atoms with Crippen LogP contribution in [0.4, 0.5) is 0 Å². The Morgan fingerprint density at radius 3 is 2.61 bits per heavy atom. The number of carbonyl (C=O) groups excluding carboxylic acids is 4. The highest BCUT2D eigenvalue weighted by Gasteiger charge is 2.43. The first-order valence-electron chi connectivity index (χ1n) is 9.69. The Morgan fingerprint density at radius 1 is 1.26 bits per heavy atom. The smallest absolute Gasteiger partial charge is 0.508 e. The van der Waals surface area contributed by atoms with E-state index in [-0.39, 0.29) is 29.5 Å². The maximum atomic E-state index is 12.5. The predicted molar refractivity (Wildman–Crippen MR) is 116 cm³/mol. The molecule has 0 bridgehead atoms. The van der Waals surface area contributed by atoms with E-state index in [1.54, 1.807) is 6.07 Å². The average molecular weight is 472 g/mol. The van der Waals surface area contributed by atoms with Gasteiger partial charge in [-0.15, -0.1) is 0 Å². The number of benzene rings is 1. The third-order valence-corrected chi connectivity index (χ3v) is 4.98. The van der Waals surface area contributed by atoms with Crippen LogP contribution < -0.4 is 16.0 Å². The number of rotatable bonds is 8. The molecule has 1 aliphatic heterocycles. The minimum atomic E-state index is -1.13. The second-order valence-electron chi connectivity index (χ2n) is 7.41. The van der Waals surface area contributed by atoms with Gasteiger partial charge in [0.15, 0.2) is 0 Å². The fourth-order valence-electron chi connectivity index (χ4n) is 2.99. The van der Waals surface area contributed by atoms with Crippen molar-refractivity contribution in [2.24, 2.45) is 5.92 Å². The highest BCUT2D eigenvalue weighted by molar-refractivity contribution is 6.50. The van der Waals surface area contributed by atoms with Gasteiger partial charge in [-0.2, -0.15) is 0 Å². The first-order chi connectivity index (χ1) is 14.6. The summed E-state index contributed by atoms with van der Waals surface area (Å²) in [4.78, 5) is 48.6. The van der Waals surface area contributed by atoms with E-state index in [4.69, 9.17) is 32.5 Å². The Hall–Kier alpha value is -2.30. The maximum absolute atomic E-state index is 12.5. The van der Waals surface area contributed by atoms with Crippen molar-refractivity contribution in [3.05, 3.63) is 33.8 Å². The van der Waals surface area contributed by atoms with Gasteiger partial charge in [-0.3, -0.25) is 19.2 Å². The first kappa shape index (κ1) is 25.0. The fourth-order valence-corrected chi connectivity index (χ4v) is 3.37. The molecular weight excluding hydrogens is 448 g/mol. The highest BCUT2D eigenvalue weighted by Crippen LogP contribution is 2.20. The lowest BCUT2D eigenvalue weighted by atomic mass is 9.72. The van der Waals surface area contributed by atoms with Crippen LogP contribution in [0.3, 0.4) is 0 Å². The van der Waals surface area contributed by atoms with Gasteiger partial charge < -0.3 is 25.3 Å². The highest BCUT2D eigenvalue weighted by atomic mass is 35.5. The zero-order valence-corrected chi connectivity index (χ0v) is 18.9. The Kier molecular flexibility index (Phi) is 9.15. The molecule has 168 valence electrons. The zero-order chi connectivity index (χ0) is 23.1. The molecule has 1 aliphatic rings. The molecule has 0 saturated carbocycles. The van der Waals surface area contributed by atoms with E-state index < -0.39 is 42.9 Å². The van der Waals surface area contributed by atoms with Crippen molar-refractivity contribution in [1.82, 2.24) is 16.0 Å². The fraction of sp³-hybridized carbons (Fsp3) is 0.474. The van der Waals surface area contributed by atoms with Crippen molar-refractivity contribution < 1.29 is 28.5 Å². The normalized spacial score (nSPS) is 17.0. The van der Waals surface area contributed by atoms with E-state index in [1.807, 2.05) is 13.8 Å². The summed E-state index contributed by atoms with van der Waals surface area (Å²) in [6.45, 7) is 3.49. The summed E-state index contributed by atoms with van der Waals surface area (Å²) >= 11 is 11.9. The molecule has 2 rings (SSSR count). The van der Waals surface area contributed by atoms with Gasteiger partial charge in [0.2, 0.25) is 11.8 Å². The summed E-state index contributed by atoms with van der Waals surface area (Å²) in [5.41, 5.74) is 0.138. The Labute approximate surface area is 190 Å². The standard InChI is InChI=1S/C19H24BCl2N3O6/c1-10(2)6-15(20-30-14(19(29)23-3)8-17(27)31-20)25-16(26)9-24-18(28)12-7-11(21)4-5-13(12)22/h4-5,7,10,14-15H,6,8-9H2,1-3H3,(H,23,29)(H,24,28)(H,25,26)/t14?,15-/m0/s1. The summed E-state index contributed by atoms with van der Waals surface area (Å²) in [5.74, 6) is -2.75. The van der Waals surface area contributed by atoms with Crippen LogP contribution in [0.25, 0.3) is 0 Å². The molecule has 0 aliphatic carbocycles. The van der Waals surface area contributed by atoms with Crippen LogP contribution in [0, 0.1) is 5.92 Å². The van der Waals surface area contributed by atoms with Crippen LogP contribution in [0.2, 0.25) is 10.0 Å². The number of halogens is 2. The van der Waals surface area contributed by atoms with Crippen LogP contribution >= 0.6 is 23.2 Å². The van der Waals surface area contributed by atoms with Crippen LogP contribution in [0.5, 0.6) is 0 Å². The van der Waals surface area contributed by atoms with Gasteiger partial charge in [0, 0.05) is 12.1 Å². The number of hydrogen-bond donors (Lipinski definition) is 3. The lowest BCUT2D eigenvalue weighted by Gasteiger charge is -2.31. The van der Waals surface area contributed by atoms with Gasteiger partial charge in [0.1, 0.15) is 6.10 Å². The van der Waals surface area contributed by atoms with Crippen molar-refractivity contribution in [2.45, 2.75) is 38.7 Å². The van der Waals surface area contributed by atoms with Crippen LogP contribution in [0.15, 0.2) is 18.2 Å². The van der Waals surface area contributed by atoms with Crippen molar-refractivity contribution in [3.63, 3.8) is 0 Å². The number of hydrogen-bond acceptors (Lipinski definition) is 6. The lowest BCUT2D eigenvalue weighted by molar-refractivity contribution is -0.149. The van der Waals surface area contributed by atoms with Gasteiger partial charge in [-0.1, -0.05) is 37.0 Å². The molecule has 0 aromatic heterocycles. The molecule has 31 heavy (non-hydrogen) atoms. The van der Waals surface area contributed by atoms with E-state index in [1.165, 1.54) is 19.2 Å². The van der Waals surface area contributed by atoms with Gasteiger partial charge >= 0.3 is 7.12 Å². The molecule has 9 nitrogen and oxygen atoms in total. The second-order valence-corrected chi connectivity index (χ2v) is 8.26. The SMILES string of the molecule is CNC(=O)C1CC(=O)OB([C@H](CC(C)C)NC(=O)CNC(=O)c2cc(Cl)ccc2Cl)O1. The molecule has 1 fully saturated rings. The van der Waals surface area contributed by atoms with Gasteiger partial charge in [-0.25, -0.2) is 0 Å². The van der Waals surface area contributed by atoms with E-state index >= 15 is 0 Å². The minimum Gasteiger partial charge on any atom is -0.508 e. The average Bonchev–Trinajstić information content (AvgIpc) is 2.71. The quantitative estimate of drug-likeness (QED) is 0.492. The maximum Gasteiger partial charge on any atom is 0.551 e. The minimum absolute atomic E-state index is 0.118. The molecule has 1 saturated heterocycles. The predicted octanol–water partition coefficient (Wildman–Crippen LogP) is 1.36. The molecule has 12 heteroatoms. The van der Waals surface area contributed by atoms with Crippen LogP contribution in [-0.4, -0.2) is 56.4 Å². The van der Waals surface area contributed by atoms with Crippen LogP contribution in [0.1, 0.15) is 37.0 Å². The van der Waals surface area contributed by atoms with Gasteiger partial charge in [0.05, 0.1) is 29.5 Å². The number of likely N-dealkylation sites (N-methyl/N-ethyl adjacent to an activating group) is 1. The van der Waals surface area contributed by atoms with Crippen molar-refractivity contribution in [1.29, 1.82) is 0 Å². The Morgan fingerprint density at radius 2 is 1.97 bits per heavy atom. The summed E-state index contributed by atoms with van der Waals surface area (Å²) in [6.07, 6.45) is -0.805. The number of nitrogens with one attached hydrogen (secondary N) is 3. The van der Waals surface area contributed by atoms with E-state index in [0.29, 0.717) is 11.4 Å². The summed E-state index contributed by atoms with van der Waals surface area (Å²) in [7, 11) is 0.302. The van der Waals surface area contributed by atoms with Crippen LogP contribution in [-0.2, 0) is 23.7 Å². The Balaban J connectivity index is 2.02. The van der Waals surface area contributed by atoms with Gasteiger partial charge in [0.25, 0.3) is 11.9 Å². The molecule has 1 aromatic carbocycles. The second kappa shape index (κ2) is 11.4. The molecule has 3 N–H and O–H groups in total. The van der Waals surface area contributed by atoms with E-state index in [9.17, 15) is 19.2 Å². The number of carbonyl (C=O) groups is 4. The largest absolute Gasteiger partial charge is 0.551 e. The molecule has 0 spiro atoms. The van der Waals surface area contributed by atoms with Crippen molar-refractivity contribution in [2.75, 3.05) is 13.6 Å². The third kappa shape index (κ3) is 7.41. The lowest BCUT2D eigenvalue weighted by Crippen LogP contribution is -2.57. The Bertz CT molecular complexity index is 854. The molecule has 1 aromatic rings. The molecule has 1 heterocycles. The third-order valence-electron chi connectivity index (χ3n) is 4.42. The topological polar surface area (TPSA) is 123 Å². The van der Waals surface area contributed by atoms with Crippen molar-refractivity contribution in [3.8, 4) is 0 Å². The van der Waals surface area contributed by atoms with Crippen molar-refractivity contribution >= 4 is 54.0 Å². The zero-order valence-electron chi connectivity index (χ0n) is 17.4.